The average molecular weight is 527 g/mol. The van der Waals surface area contributed by atoms with Gasteiger partial charge in [0.2, 0.25) is 0 Å². The summed E-state index contributed by atoms with van der Waals surface area (Å²) in [5, 5.41) is 0. The highest BCUT2D eigenvalue weighted by atomic mass is 19.4. The van der Waals surface area contributed by atoms with E-state index in [0.29, 0.717) is 12.2 Å². The zero-order valence-corrected chi connectivity index (χ0v) is 23.1. The summed E-state index contributed by atoms with van der Waals surface area (Å²) in [4.78, 5) is 12.0. The number of carbonyl (C=O) groups excluding carboxylic acids is 1. The Morgan fingerprint density at radius 2 is 1.42 bits per heavy atom. The first kappa shape index (κ1) is 31.3. The number of ketones is 1. The molecule has 0 amide bonds. The summed E-state index contributed by atoms with van der Waals surface area (Å²) in [5.41, 5.74) is 3.28. The molecule has 0 N–H and O–H groups in total. The first-order valence-electron chi connectivity index (χ1n) is 13.5. The van der Waals surface area contributed by atoms with Crippen molar-refractivity contribution >= 4 is 5.78 Å². The van der Waals surface area contributed by atoms with Crippen molar-refractivity contribution in [3.8, 4) is 0 Å². The van der Waals surface area contributed by atoms with Crippen LogP contribution in [0.3, 0.4) is 0 Å². The number of hydrogen-bond donors (Lipinski definition) is 0. The highest BCUT2D eigenvalue weighted by Crippen LogP contribution is 2.38. The highest BCUT2D eigenvalue weighted by molar-refractivity contribution is 5.79. The summed E-state index contributed by atoms with van der Waals surface area (Å²) in [6.07, 6.45) is 1.08. The van der Waals surface area contributed by atoms with Crippen molar-refractivity contribution in [3.05, 3.63) is 107 Å². The number of hydrogen-bond acceptors (Lipinski definition) is 2. The monoisotopic (exact) mass is 526 g/mol. The van der Waals surface area contributed by atoms with E-state index in [2.05, 4.69) is 45.0 Å². The fourth-order valence-corrected chi connectivity index (χ4v) is 4.59. The Morgan fingerprint density at radius 1 is 0.842 bits per heavy atom. The van der Waals surface area contributed by atoms with Crippen molar-refractivity contribution in [2.45, 2.75) is 85.1 Å². The van der Waals surface area contributed by atoms with Gasteiger partial charge in [-0.15, -0.1) is 0 Å². The Bertz CT molecular complexity index is 1090. The number of alkyl halides is 3. The quantitative estimate of drug-likeness (QED) is 0.320. The van der Waals surface area contributed by atoms with E-state index in [1.807, 2.05) is 30.3 Å². The number of rotatable bonds is 6. The Labute approximate surface area is 226 Å². The fraction of sp³-hybridized carbons (Fsp3) is 0.424. The zero-order chi connectivity index (χ0) is 28.0. The van der Waals surface area contributed by atoms with E-state index < -0.39 is 11.7 Å². The van der Waals surface area contributed by atoms with Crippen LogP contribution in [0, 0.1) is 12.8 Å². The largest absolute Gasteiger partial charge is 0.416 e. The van der Waals surface area contributed by atoms with Crippen LogP contribution in [-0.4, -0.2) is 5.78 Å². The van der Waals surface area contributed by atoms with Gasteiger partial charge < -0.3 is 4.74 Å². The number of aryl methyl sites for hydroxylation is 1. The summed E-state index contributed by atoms with van der Waals surface area (Å²) in [5.74, 6) is 0.570. The van der Waals surface area contributed by atoms with Crippen LogP contribution >= 0.6 is 0 Å². The molecule has 0 radical (unpaired) electrons. The molecule has 1 aliphatic carbocycles. The minimum absolute atomic E-state index is 0.0787. The summed E-state index contributed by atoms with van der Waals surface area (Å²) in [6.45, 7) is 8.44. The summed E-state index contributed by atoms with van der Waals surface area (Å²) in [6, 6.07) is 23.5. The molecule has 2 atom stereocenters. The van der Waals surface area contributed by atoms with E-state index in [4.69, 9.17) is 4.74 Å². The van der Waals surface area contributed by atoms with E-state index in [-0.39, 0.29) is 24.2 Å². The van der Waals surface area contributed by atoms with E-state index in [1.54, 1.807) is 13.0 Å². The molecule has 5 heteroatoms. The van der Waals surface area contributed by atoms with Crippen LogP contribution in [0.5, 0.6) is 0 Å². The second kappa shape index (κ2) is 16.1. The molecule has 0 aromatic heterocycles. The molecule has 3 aromatic rings. The maximum absolute atomic E-state index is 12.8. The first-order valence-corrected chi connectivity index (χ1v) is 13.5. The SMILES string of the molecule is CC(=O)C1CCCCC1c1cccc(COCc2cccc(C(F)(F)F)c2)c1.CCC.Cc1ccccc1. The number of carbonyl (C=O) groups is 1. The summed E-state index contributed by atoms with van der Waals surface area (Å²) < 4.78 is 44.1. The Morgan fingerprint density at radius 3 is 1.97 bits per heavy atom. The van der Waals surface area contributed by atoms with Crippen molar-refractivity contribution < 1.29 is 22.7 Å². The molecule has 0 aliphatic heterocycles. The van der Waals surface area contributed by atoms with Crippen LogP contribution in [-0.2, 0) is 28.9 Å². The topological polar surface area (TPSA) is 26.3 Å². The van der Waals surface area contributed by atoms with Crippen LogP contribution in [0.4, 0.5) is 13.2 Å². The van der Waals surface area contributed by atoms with Gasteiger partial charge in [0, 0.05) is 5.92 Å². The molecule has 1 fully saturated rings. The molecule has 4 rings (SSSR count). The van der Waals surface area contributed by atoms with Gasteiger partial charge in [-0.1, -0.05) is 105 Å². The van der Waals surface area contributed by atoms with Crippen LogP contribution in [0.25, 0.3) is 0 Å². The van der Waals surface area contributed by atoms with Gasteiger partial charge in [-0.2, -0.15) is 13.2 Å². The number of ether oxygens (including phenoxy) is 1. The van der Waals surface area contributed by atoms with Gasteiger partial charge in [-0.05, 0) is 61.4 Å². The van der Waals surface area contributed by atoms with Crippen molar-refractivity contribution in [2.75, 3.05) is 0 Å². The minimum Gasteiger partial charge on any atom is -0.372 e. The molecule has 3 aromatic carbocycles. The molecule has 206 valence electrons. The van der Waals surface area contributed by atoms with Gasteiger partial charge in [0.1, 0.15) is 5.78 Å². The molecule has 1 saturated carbocycles. The van der Waals surface area contributed by atoms with Gasteiger partial charge in [-0.25, -0.2) is 0 Å². The Balaban J connectivity index is 0.000000427. The molecular weight excluding hydrogens is 485 g/mol. The van der Waals surface area contributed by atoms with Crippen molar-refractivity contribution in [1.29, 1.82) is 0 Å². The average Bonchev–Trinajstić information content (AvgIpc) is 2.90. The molecule has 0 bridgehead atoms. The molecule has 2 nitrogen and oxygen atoms in total. The lowest BCUT2D eigenvalue weighted by molar-refractivity contribution is -0.137. The molecule has 0 saturated heterocycles. The Hall–Kier alpha value is -2.92. The molecule has 1 aliphatic rings. The van der Waals surface area contributed by atoms with Crippen molar-refractivity contribution in [3.63, 3.8) is 0 Å². The van der Waals surface area contributed by atoms with E-state index >= 15 is 0 Å². The van der Waals surface area contributed by atoms with E-state index in [9.17, 15) is 18.0 Å². The summed E-state index contributed by atoms with van der Waals surface area (Å²) >= 11 is 0. The van der Waals surface area contributed by atoms with Crippen molar-refractivity contribution in [2.24, 2.45) is 5.92 Å². The minimum atomic E-state index is -4.35. The first-order chi connectivity index (χ1) is 18.2. The van der Waals surface area contributed by atoms with Gasteiger partial charge in [-0.3, -0.25) is 4.79 Å². The van der Waals surface area contributed by atoms with E-state index in [1.165, 1.54) is 18.1 Å². The van der Waals surface area contributed by atoms with Crippen LogP contribution in [0.1, 0.15) is 86.6 Å². The maximum Gasteiger partial charge on any atom is 0.416 e. The van der Waals surface area contributed by atoms with E-state index in [0.717, 1.165) is 48.9 Å². The van der Waals surface area contributed by atoms with Gasteiger partial charge in [0.05, 0.1) is 18.8 Å². The molecule has 2 unspecified atom stereocenters. The lowest BCUT2D eigenvalue weighted by Gasteiger charge is -2.30. The third-order valence-corrected chi connectivity index (χ3v) is 6.40. The predicted molar refractivity (Wildman–Crippen MR) is 149 cm³/mol. The van der Waals surface area contributed by atoms with Crippen LogP contribution in [0.2, 0.25) is 0 Å². The third-order valence-electron chi connectivity index (χ3n) is 6.40. The van der Waals surface area contributed by atoms with Gasteiger partial charge in [0.15, 0.2) is 0 Å². The van der Waals surface area contributed by atoms with Gasteiger partial charge in [0.25, 0.3) is 0 Å². The normalized spacial score (nSPS) is 16.9. The predicted octanol–water partition coefficient (Wildman–Crippen LogP) is 9.70. The third kappa shape index (κ3) is 10.8. The second-order valence-corrected chi connectivity index (χ2v) is 9.91. The molecule has 0 heterocycles. The standard InChI is InChI=1S/C23H25F3O2.C7H8.C3H8/c1-16(27)21-10-2-3-11-22(21)19-8-4-6-17(12-19)14-28-15-18-7-5-9-20(13-18)23(24,25)26;1-7-5-3-2-4-6-7;1-3-2/h4-9,12-13,21-22H,2-3,10-11,14-15H2,1H3;2-6H,1H3;3H2,1-2H3. The second-order valence-electron chi connectivity index (χ2n) is 9.91. The smallest absolute Gasteiger partial charge is 0.372 e. The molecular formula is C33H41F3O2. The highest BCUT2D eigenvalue weighted by Gasteiger charge is 2.31. The lowest BCUT2D eigenvalue weighted by Crippen LogP contribution is -2.24. The van der Waals surface area contributed by atoms with Crippen LogP contribution < -0.4 is 0 Å². The number of halogens is 3. The maximum atomic E-state index is 12.8. The van der Waals surface area contributed by atoms with Crippen LogP contribution in [0.15, 0.2) is 78.9 Å². The fourth-order valence-electron chi connectivity index (χ4n) is 4.59. The lowest BCUT2D eigenvalue weighted by atomic mass is 9.73. The summed E-state index contributed by atoms with van der Waals surface area (Å²) in [7, 11) is 0. The Kier molecular flexibility index (Phi) is 13.3. The zero-order valence-electron chi connectivity index (χ0n) is 23.1. The molecule has 0 spiro atoms. The number of Topliss-reactive ketones (excluding diaryl/α,β-unsaturated/α-hetero) is 1. The molecule has 38 heavy (non-hydrogen) atoms. The number of benzene rings is 3. The van der Waals surface area contributed by atoms with Gasteiger partial charge >= 0.3 is 6.18 Å². The van der Waals surface area contributed by atoms with Crippen molar-refractivity contribution in [1.82, 2.24) is 0 Å².